The lowest BCUT2D eigenvalue weighted by atomic mass is 9.91. The lowest BCUT2D eigenvalue weighted by Gasteiger charge is -2.14. The third kappa shape index (κ3) is 3.09. The fraction of sp³-hybridized carbons (Fsp3) is 0.188. The van der Waals surface area contributed by atoms with Crippen LogP contribution in [0.15, 0.2) is 42.5 Å². The highest BCUT2D eigenvalue weighted by Crippen LogP contribution is 2.28. The molecule has 1 unspecified atom stereocenters. The van der Waals surface area contributed by atoms with E-state index >= 15 is 0 Å². The fourth-order valence-electron chi connectivity index (χ4n) is 2.12. The Kier molecular flexibility index (Phi) is 3.94. The minimum Gasteiger partial charge on any atom is -0.508 e. The summed E-state index contributed by atoms with van der Waals surface area (Å²) in [4.78, 5) is 11.4. The Balaban J connectivity index is 2.30. The van der Waals surface area contributed by atoms with Crippen molar-refractivity contribution in [3.63, 3.8) is 0 Å². The summed E-state index contributed by atoms with van der Waals surface area (Å²) in [5, 5.41) is 28.5. The van der Waals surface area contributed by atoms with Crippen LogP contribution in [0.4, 0.5) is 0 Å². The Morgan fingerprint density at radius 2 is 1.75 bits per heavy atom. The molecule has 0 aliphatic rings. The molecule has 1 atom stereocenters. The van der Waals surface area contributed by atoms with Gasteiger partial charge in [-0.15, -0.1) is 0 Å². The van der Waals surface area contributed by atoms with Crippen molar-refractivity contribution in [1.29, 1.82) is 0 Å². The van der Waals surface area contributed by atoms with Crippen LogP contribution in [0.25, 0.3) is 0 Å². The van der Waals surface area contributed by atoms with Crippen LogP contribution < -0.4 is 0 Å². The van der Waals surface area contributed by atoms with Crippen molar-refractivity contribution in [3.8, 4) is 11.5 Å². The highest BCUT2D eigenvalue weighted by molar-refractivity contribution is 5.76. The number of aromatic hydroxyl groups is 2. The molecular weight excluding hydrogens is 256 g/mol. The second-order valence-corrected chi connectivity index (χ2v) is 4.82. The molecule has 0 saturated carbocycles. The molecular formula is C16H16O4. The van der Waals surface area contributed by atoms with Crippen LogP contribution in [0.5, 0.6) is 11.5 Å². The van der Waals surface area contributed by atoms with Gasteiger partial charge in [-0.25, -0.2) is 0 Å². The van der Waals surface area contributed by atoms with Gasteiger partial charge in [-0.3, -0.25) is 4.79 Å². The highest BCUT2D eigenvalue weighted by Gasteiger charge is 2.21. The number of aryl methyl sites for hydroxylation is 1. The van der Waals surface area contributed by atoms with Gasteiger partial charge >= 0.3 is 5.97 Å². The standard InChI is InChI=1S/C16H16O4/c1-10-2-3-12(15(18)8-10)9-14(16(19)20)11-4-6-13(17)7-5-11/h2-8,14,17-18H,9H2,1H3,(H,19,20). The number of carbonyl (C=O) groups is 1. The molecule has 0 saturated heterocycles. The van der Waals surface area contributed by atoms with E-state index in [2.05, 4.69) is 0 Å². The Bertz CT molecular complexity index is 617. The Morgan fingerprint density at radius 3 is 2.30 bits per heavy atom. The number of carboxylic acid groups (broad SMARTS) is 1. The predicted molar refractivity (Wildman–Crippen MR) is 75.0 cm³/mol. The SMILES string of the molecule is Cc1ccc(CC(C(=O)O)c2ccc(O)cc2)c(O)c1. The minimum absolute atomic E-state index is 0.0936. The molecule has 0 heterocycles. The van der Waals surface area contributed by atoms with Crippen molar-refractivity contribution in [2.45, 2.75) is 19.3 Å². The molecule has 2 rings (SSSR count). The molecule has 2 aromatic rings. The molecule has 0 radical (unpaired) electrons. The largest absolute Gasteiger partial charge is 0.508 e. The van der Waals surface area contributed by atoms with Crippen molar-refractivity contribution in [2.75, 3.05) is 0 Å². The summed E-state index contributed by atoms with van der Waals surface area (Å²) in [7, 11) is 0. The van der Waals surface area contributed by atoms with E-state index in [-0.39, 0.29) is 17.9 Å². The second kappa shape index (κ2) is 5.65. The second-order valence-electron chi connectivity index (χ2n) is 4.82. The smallest absolute Gasteiger partial charge is 0.311 e. The first-order valence-electron chi connectivity index (χ1n) is 6.27. The van der Waals surface area contributed by atoms with Crippen LogP contribution in [-0.2, 0) is 11.2 Å². The third-order valence-corrected chi connectivity index (χ3v) is 3.26. The van der Waals surface area contributed by atoms with Gasteiger partial charge in [-0.2, -0.15) is 0 Å². The quantitative estimate of drug-likeness (QED) is 0.799. The predicted octanol–water partition coefficient (Wildman–Crippen LogP) is 2.82. The van der Waals surface area contributed by atoms with Gasteiger partial charge in [0, 0.05) is 0 Å². The van der Waals surface area contributed by atoms with Gasteiger partial charge in [0.2, 0.25) is 0 Å². The van der Waals surface area contributed by atoms with Gasteiger partial charge < -0.3 is 15.3 Å². The average Bonchev–Trinajstić information content (AvgIpc) is 2.39. The summed E-state index contributed by atoms with van der Waals surface area (Å²) in [6.07, 6.45) is 0.201. The first-order chi connectivity index (χ1) is 9.47. The van der Waals surface area contributed by atoms with Crippen LogP contribution >= 0.6 is 0 Å². The van der Waals surface area contributed by atoms with Crippen molar-refractivity contribution in [1.82, 2.24) is 0 Å². The van der Waals surface area contributed by atoms with E-state index in [1.807, 2.05) is 13.0 Å². The monoisotopic (exact) mass is 272 g/mol. The van der Waals surface area contributed by atoms with E-state index < -0.39 is 11.9 Å². The molecule has 0 fully saturated rings. The summed E-state index contributed by atoms with van der Waals surface area (Å²) in [6, 6.07) is 11.3. The molecule has 20 heavy (non-hydrogen) atoms. The van der Waals surface area contributed by atoms with E-state index in [4.69, 9.17) is 0 Å². The maximum absolute atomic E-state index is 11.4. The molecule has 0 aliphatic heterocycles. The van der Waals surface area contributed by atoms with Crippen molar-refractivity contribution < 1.29 is 20.1 Å². The van der Waals surface area contributed by atoms with Gasteiger partial charge in [0.15, 0.2) is 0 Å². The summed E-state index contributed by atoms with van der Waals surface area (Å²) in [5.74, 6) is -1.52. The van der Waals surface area contributed by atoms with Crippen molar-refractivity contribution in [2.24, 2.45) is 0 Å². The van der Waals surface area contributed by atoms with Gasteiger partial charge in [-0.05, 0) is 48.2 Å². The van der Waals surface area contributed by atoms with E-state index in [1.54, 1.807) is 24.3 Å². The number of carboxylic acids is 1. The maximum atomic E-state index is 11.4. The van der Waals surface area contributed by atoms with Crippen LogP contribution in [0.1, 0.15) is 22.6 Å². The molecule has 3 N–H and O–H groups in total. The molecule has 0 aromatic heterocycles. The number of aliphatic carboxylic acids is 1. The zero-order valence-electron chi connectivity index (χ0n) is 11.1. The molecule has 0 aliphatic carbocycles. The number of benzene rings is 2. The zero-order chi connectivity index (χ0) is 14.7. The van der Waals surface area contributed by atoms with E-state index in [1.165, 1.54) is 12.1 Å². The van der Waals surface area contributed by atoms with Gasteiger partial charge in [0.25, 0.3) is 0 Å². The average molecular weight is 272 g/mol. The van der Waals surface area contributed by atoms with Crippen molar-refractivity contribution >= 4 is 5.97 Å². The molecule has 0 spiro atoms. The van der Waals surface area contributed by atoms with Crippen LogP contribution in [0, 0.1) is 6.92 Å². The van der Waals surface area contributed by atoms with Crippen molar-refractivity contribution in [3.05, 3.63) is 59.2 Å². The Hall–Kier alpha value is -2.49. The lowest BCUT2D eigenvalue weighted by molar-refractivity contribution is -0.138. The molecule has 4 heteroatoms. The number of phenolic OH excluding ortho intramolecular Hbond substituents is 2. The Morgan fingerprint density at radius 1 is 1.10 bits per heavy atom. The summed E-state index contributed by atoms with van der Waals surface area (Å²) in [5.41, 5.74) is 2.11. The van der Waals surface area contributed by atoms with Crippen LogP contribution in [0.3, 0.4) is 0 Å². The van der Waals surface area contributed by atoms with Crippen LogP contribution in [0.2, 0.25) is 0 Å². The molecule has 2 aromatic carbocycles. The van der Waals surface area contributed by atoms with E-state index in [9.17, 15) is 20.1 Å². The van der Waals surface area contributed by atoms with Gasteiger partial charge in [-0.1, -0.05) is 24.3 Å². The van der Waals surface area contributed by atoms with E-state index in [0.29, 0.717) is 11.1 Å². The van der Waals surface area contributed by atoms with Crippen LogP contribution in [-0.4, -0.2) is 21.3 Å². The molecule has 104 valence electrons. The maximum Gasteiger partial charge on any atom is 0.311 e. The number of phenols is 2. The summed E-state index contributed by atoms with van der Waals surface area (Å²) in [6.45, 7) is 1.86. The topological polar surface area (TPSA) is 77.8 Å². The minimum atomic E-state index is -0.962. The van der Waals surface area contributed by atoms with Gasteiger partial charge in [0.1, 0.15) is 11.5 Å². The number of rotatable bonds is 4. The summed E-state index contributed by atoms with van der Waals surface area (Å²) >= 11 is 0. The Labute approximate surface area is 116 Å². The first-order valence-corrected chi connectivity index (χ1v) is 6.27. The highest BCUT2D eigenvalue weighted by atomic mass is 16.4. The van der Waals surface area contributed by atoms with Gasteiger partial charge in [0.05, 0.1) is 5.92 Å². The number of hydrogen-bond donors (Lipinski definition) is 3. The molecule has 0 amide bonds. The summed E-state index contributed by atoms with van der Waals surface area (Å²) < 4.78 is 0. The number of hydrogen-bond acceptors (Lipinski definition) is 3. The molecule has 0 bridgehead atoms. The first kappa shape index (κ1) is 13.9. The van der Waals surface area contributed by atoms with E-state index in [0.717, 1.165) is 5.56 Å². The third-order valence-electron chi connectivity index (χ3n) is 3.26. The lowest BCUT2D eigenvalue weighted by Crippen LogP contribution is -2.14. The fourth-order valence-corrected chi connectivity index (χ4v) is 2.12. The molecule has 4 nitrogen and oxygen atoms in total. The normalized spacial score (nSPS) is 12.1. The zero-order valence-corrected chi connectivity index (χ0v) is 11.1.